The van der Waals surface area contributed by atoms with Crippen LogP contribution in [0, 0.1) is 5.92 Å². The van der Waals surface area contributed by atoms with E-state index in [4.69, 9.17) is 14.3 Å². The van der Waals surface area contributed by atoms with Crippen LogP contribution in [0.25, 0.3) is 0 Å². The Morgan fingerprint density at radius 2 is 1.55 bits per heavy atom. The van der Waals surface area contributed by atoms with Crippen LogP contribution in [0.2, 0.25) is 0 Å². The van der Waals surface area contributed by atoms with Crippen LogP contribution in [-0.4, -0.2) is 37.0 Å². The summed E-state index contributed by atoms with van der Waals surface area (Å²) in [5.41, 5.74) is 2.35. The van der Waals surface area contributed by atoms with E-state index in [1.54, 1.807) is 31.4 Å². The second-order valence-electron chi connectivity index (χ2n) is 8.01. The van der Waals surface area contributed by atoms with Crippen molar-refractivity contribution < 1.29 is 23.9 Å². The van der Waals surface area contributed by atoms with E-state index >= 15 is 0 Å². The van der Waals surface area contributed by atoms with Crippen molar-refractivity contribution in [2.24, 2.45) is 5.92 Å². The number of imide groups is 1. The maximum Gasteiger partial charge on any atom is 0.262 e. The molecule has 2 fully saturated rings. The molecule has 0 N–H and O–H groups in total. The van der Waals surface area contributed by atoms with Crippen molar-refractivity contribution in [3.63, 3.8) is 0 Å². The molecule has 3 aromatic rings. The van der Waals surface area contributed by atoms with Gasteiger partial charge in [0, 0.05) is 5.56 Å². The number of para-hydroxylation sites is 1. The van der Waals surface area contributed by atoms with Crippen LogP contribution in [-0.2, 0) is 21.0 Å². The van der Waals surface area contributed by atoms with E-state index in [-0.39, 0.29) is 18.4 Å². The van der Waals surface area contributed by atoms with Crippen LogP contribution < -0.4 is 14.5 Å². The fourth-order valence-corrected chi connectivity index (χ4v) is 4.58. The lowest BCUT2D eigenvalue weighted by molar-refractivity contribution is -0.143. The summed E-state index contributed by atoms with van der Waals surface area (Å²) in [6.45, 7) is 0.210. The van der Waals surface area contributed by atoms with Gasteiger partial charge in [0.05, 0.1) is 26.5 Å². The third kappa shape index (κ3) is 3.60. The van der Waals surface area contributed by atoms with Crippen LogP contribution in [0.4, 0.5) is 5.69 Å². The number of amides is 2. The Kier molecular flexibility index (Phi) is 5.48. The number of fused-ring (bicyclic) bond motifs is 1. The maximum atomic E-state index is 13.6. The van der Waals surface area contributed by atoms with Gasteiger partial charge in [0.1, 0.15) is 23.5 Å². The number of carbonyl (C=O) groups excluding carboxylic acids is 2. The largest absolute Gasteiger partial charge is 0.497 e. The number of hydrogen-bond acceptors (Lipinski definition) is 6. The van der Waals surface area contributed by atoms with E-state index in [9.17, 15) is 9.59 Å². The smallest absolute Gasteiger partial charge is 0.262 e. The van der Waals surface area contributed by atoms with Crippen LogP contribution >= 0.6 is 0 Å². The second-order valence-corrected chi connectivity index (χ2v) is 8.01. The maximum absolute atomic E-state index is 13.6. The van der Waals surface area contributed by atoms with E-state index < -0.39 is 18.1 Å². The lowest BCUT2D eigenvalue weighted by Gasteiger charge is -2.29. The van der Waals surface area contributed by atoms with Crippen LogP contribution in [0.5, 0.6) is 11.5 Å². The van der Waals surface area contributed by atoms with Gasteiger partial charge in [-0.05, 0) is 35.9 Å². The van der Waals surface area contributed by atoms with Crippen LogP contribution in [0.3, 0.4) is 0 Å². The lowest BCUT2D eigenvalue weighted by Crippen LogP contribution is -2.37. The summed E-state index contributed by atoms with van der Waals surface area (Å²) in [6, 6.07) is 23.8. The molecule has 0 radical (unpaired) electrons. The average molecular weight is 444 g/mol. The third-order valence-corrected chi connectivity index (χ3v) is 6.16. The number of likely N-dealkylation sites (tertiary alicyclic amines) is 1. The molecule has 168 valence electrons. The topological polar surface area (TPSA) is 68.3 Å². The number of carbonyl (C=O) groups is 2. The molecule has 2 heterocycles. The van der Waals surface area contributed by atoms with Gasteiger partial charge in [0.25, 0.3) is 5.91 Å². The minimum atomic E-state index is -0.915. The number of benzene rings is 3. The zero-order chi connectivity index (χ0) is 22.9. The molecule has 3 aromatic carbocycles. The lowest BCUT2D eigenvalue weighted by atomic mass is 9.89. The summed E-state index contributed by atoms with van der Waals surface area (Å²) in [5, 5.41) is 1.66. The summed E-state index contributed by atoms with van der Waals surface area (Å²) < 4.78 is 11.1. The number of anilines is 1. The number of hydrogen-bond donors (Lipinski definition) is 0. The van der Waals surface area contributed by atoms with Gasteiger partial charge in [-0.25, -0.2) is 5.06 Å². The molecular formula is C26H24N2O5. The Hall–Kier alpha value is -3.84. The van der Waals surface area contributed by atoms with Gasteiger partial charge in [-0.15, -0.1) is 0 Å². The molecule has 3 atom stereocenters. The first-order chi connectivity index (χ1) is 16.1. The van der Waals surface area contributed by atoms with Gasteiger partial charge in [0.2, 0.25) is 5.91 Å². The fourth-order valence-electron chi connectivity index (χ4n) is 4.58. The minimum Gasteiger partial charge on any atom is -0.497 e. The normalized spacial score (nSPS) is 21.9. The quantitative estimate of drug-likeness (QED) is 0.540. The molecule has 7 heteroatoms. The van der Waals surface area contributed by atoms with Crippen molar-refractivity contribution in [1.82, 2.24) is 4.90 Å². The second kappa shape index (κ2) is 8.60. The Balaban J connectivity index is 1.58. The molecule has 5 rings (SSSR count). The highest BCUT2D eigenvalue weighted by Gasteiger charge is 2.60. The molecular weight excluding hydrogens is 420 g/mol. The Morgan fingerprint density at radius 3 is 2.21 bits per heavy atom. The molecule has 33 heavy (non-hydrogen) atoms. The van der Waals surface area contributed by atoms with E-state index in [0.717, 1.165) is 16.8 Å². The van der Waals surface area contributed by atoms with Crippen molar-refractivity contribution in [1.29, 1.82) is 0 Å². The van der Waals surface area contributed by atoms with Crippen molar-refractivity contribution in [3.05, 3.63) is 90.0 Å². The van der Waals surface area contributed by atoms with Crippen molar-refractivity contribution in [3.8, 4) is 11.5 Å². The zero-order valence-electron chi connectivity index (χ0n) is 18.4. The molecule has 0 aromatic heterocycles. The van der Waals surface area contributed by atoms with Gasteiger partial charge < -0.3 is 9.47 Å². The first kappa shape index (κ1) is 21.0. The zero-order valence-corrected chi connectivity index (χ0v) is 18.4. The van der Waals surface area contributed by atoms with E-state index in [2.05, 4.69) is 0 Å². The summed E-state index contributed by atoms with van der Waals surface area (Å²) in [7, 11) is 3.16. The number of ether oxygens (including phenoxy) is 2. The van der Waals surface area contributed by atoms with Crippen molar-refractivity contribution in [2.75, 3.05) is 19.3 Å². The Bertz CT molecular complexity index is 1170. The van der Waals surface area contributed by atoms with Gasteiger partial charge in [-0.3, -0.25) is 19.3 Å². The van der Waals surface area contributed by atoms with E-state index in [0.29, 0.717) is 11.5 Å². The molecule has 2 amide bonds. The Labute approximate surface area is 192 Å². The average Bonchev–Trinajstić information content (AvgIpc) is 3.36. The predicted octanol–water partition coefficient (Wildman–Crippen LogP) is 3.75. The summed E-state index contributed by atoms with van der Waals surface area (Å²) in [6.07, 6.45) is -0.915. The number of nitrogens with zero attached hydrogens (tertiary/aromatic N) is 2. The van der Waals surface area contributed by atoms with Gasteiger partial charge in [-0.2, -0.15) is 0 Å². The Morgan fingerprint density at radius 1 is 0.848 bits per heavy atom. The van der Waals surface area contributed by atoms with Crippen molar-refractivity contribution in [2.45, 2.75) is 18.7 Å². The molecule has 0 aliphatic carbocycles. The highest BCUT2D eigenvalue weighted by atomic mass is 16.7. The highest BCUT2D eigenvalue weighted by molar-refractivity contribution is 6.07. The SMILES string of the molecule is COc1ccc(OC)c([C@H]2[C@H]3C(=O)N(Cc4ccccc4)C(=O)[C@H]3ON2c2ccccc2)c1. The number of rotatable bonds is 6. The first-order valence-electron chi connectivity index (χ1n) is 10.7. The highest BCUT2D eigenvalue weighted by Crippen LogP contribution is 2.49. The van der Waals surface area contributed by atoms with Gasteiger partial charge >= 0.3 is 0 Å². The molecule has 0 bridgehead atoms. The first-order valence-corrected chi connectivity index (χ1v) is 10.7. The van der Waals surface area contributed by atoms with Gasteiger partial charge in [0.15, 0.2) is 6.10 Å². The monoisotopic (exact) mass is 444 g/mol. The molecule has 0 spiro atoms. The summed E-state index contributed by atoms with van der Waals surface area (Å²) in [4.78, 5) is 34.5. The van der Waals surface area contributed by atoms with Gasteiger partial charge in [-0.1, -0.05) is 48.5 Å². The molecule has 2 aliphatic rings. The van der Waals surface area contributed by atoms with E-state index in [1.165, 1.54) is 4.90 Å². The molecule has 7 nitrogen and oxygen atoms in total. The standard InChI is InChI=1S/C26H24N2O5/c1-31-19-13-14-21(32-2)20(15-19)23-22-24(33-28(23)18-11-7-4-8-12-18)26(30)27(25(22)29)16-17-9-5-3-6-10-17/h3-15,22-24H,16H2,1-2H3/t22-,23+,24+/m1/s1. The molecule has 0 saturated carbocycles. The molecule has 0 unspecified atom stereocenters. The third-order valence-electron chi connectivity index (χ3n) is 6.16. The fraction of sp³-hybridized carbons (Fsp3) is 0.231. The van der Waals surface area contributed by atoms with E-state index in [1.807, 2.05) is 66.7 Å². The molecule has 2 saturated heterocycles. The van der Waals surface area contributed by atoms with Crippen LogP contribution in [0.1, 0.15) is 17.2 Å². The summed E-state index contributed by atoms with van der Waals surface area (Å²) in [5.74, 6) is -0.100. The van der Waals surface area contributed by atoms with Crippen LogP contribution in [0.15, 0.2) is 78.9 Å². The van der Waals surface area contributed by atoms with Crippen molar-refractivity contribution >= 4 is 17.5 Å². The predicted molar refractivity (Wildman–Crippen MR) is 122 cm³/mol. The molecule has 2 aliphatic heterocycles. The summed E-state index contributed by atoms with van der Waals surface area (Å²) >= 11 is 0. The number of hydroxylamine groups is 1. The minimum absolute atomic E-state index is 0.210. The number of methoxy groups -OCH3 is 2.